The fourth-order valence-corrected chi connectivity index (χ4v) is 4.21. The summed E-state index contributed by atoms with van der Waals surface area (Å²) in [4.78, 5) is -0.197. The van der Waals surface area contributed by atoms with Gasteiger partial charge in [0.15, 0.2) is 0 Å². The molecule has 19 heavy (non-hydrogen) atoms. The van der Waals surface area contributed by atoms with Crippen molar-refractivity contribution in [3.8, 4) is 0 Å². The van der Waals surface area contributed by atoms with Gasteiger partial charge in [0.1, 0.15) is 4.90 Å². The molecule has 0 aliphatic heterocycles. The van der Waals surface area contributed by atoms with Gasteiger partial charge in [-0.1, -0.05) is 34.8 Å². The molecule has 0 bridgehead atoms. The van der Waals surface area contributed by atoms with Gasteiger partial charge in [-0.25, -0.2) is 13.1 Å². The van der Waals surface area contributed by atoms with E-state index in [0.29, 0.717) is 0 Å². The summed E-state index contributed by atoms with van der Waals surface area (Å²) < 4.78 is 26.8. The second-order valence-corrected chi connectivity index (χ2v) is 7.26. The SMILES string of the molecule is CC(C)(CN)NS(=O)(=O)c1c(Cl)cc(Cl)cc1Cl.Cl. The van der Waals surface area contributed by atoms with Crippen LogP contribution >= 0.6 is 47.2 Å². The molecule has 0 spiro atoms. The summed E-state index contributed by atoms with van der Waals surface area (Å²) in [6.07, 6.45) is 0. The molecule has 1 aromatic carbocycles. The normalized spacial score (nSPS) is 12.1. The maximum absolute atomic E-state index is 12.2. The quantitative estimate of drug-likeness (QED) is 0.858. The lowest BCUT2D eigenvalue weighted by Crippen LogP contribution is -2.48. The van der Waals surface area contributed by atoms with Crippen LogP contribution in [0.5, 0.6) is 0 Å². The molecular weight excluding hydrogens is 354 g/mol. The number of nitrogens with one attached hydrogen (secondary N) is 1. The van der Waals surface area contributed by atoms with E-state index in [1.54, 1.807) is 13.8 Å². The minimum atomic E-state index is -3.86. The molecular formula is C10H14Cl4N2O2S. The molecule has 3 N–H and O–H groups in total. The van der Waals surface area contributed by atoms with Crippen LogP contribution in [0.4, 0.5) is 0 Å². The minimum absolute atomic E-state index is 0. The van der Waals surface area contributed by atoms with Crippen molar-refractivity contribution in [3.05, 3.63) is 27.2 Å². The van der Waals surface area contributed by atoms with Crippen molar-refractivity contribution in [1.82, 2.24) is 4.72 Å². The maximum atomic E-state index is 12.2. The summed E-state index contributed by atoms with van der Waals surface area (Å²) in [6.45, 7) is 3.44. The van der Waals surface area contributed by atoms with E-state index in [1.165, 1.54) is 12.1 Å². The van der Waals surface area contributed by atoms with Crippen LogP contribution < -0.4 is 10.5 Å². The highest BCUT2D eigenvalue weighted by atomic mass is 35.5. The summed E-state index contributed by atoms with van der Waals surface area (Å²) in [6, 6.07) is 2.64. The molecule has 0 aliphatic carbocycles. The van der Waals surface area contributed by atoms with Gasteiger partial charge in [0.25, 0.3) is 0 Å². The molecule has 110 valence electrons. The van der Waals surface area contributed by atoms with E-state index in [-0.39, 0.29) is 38.9 Å². The molecule has 4 nitrogen and oxygen atoms in total. The highest BCUT2D eigenvalue weighted by Gasteiger charge is 2.28. The Morgan fingerprint density at radius 2 is 1.63 bits per heavy atom. The van der Waals surface area contributed by atoms with E-state index < -0.39 is 15.6 Å². The van der Waals surface area contributed by atoms with E-state index in [0.717, 1.165) is 0 Å². The predicted molar refractivity (Wildman–Crippen MR) is 82.2 cm³/mol. The highest BCUT2D eigenvalue weighted by molar-refractivity contribution is 7.89. The van der Waals surface area contributed by atoms with Gasteiger partial charge < -0.3 is 5.73 Å². The number of sulfonamides is 1. The number of rotatable bonds is 4. The number of benzene rings is 1. The molecule has 0 radical (unpaired) electrons. The Morgan fingerprint density at radius 3 is 2.00 bits per heavy atom. The molecule has 9 heteroatoms. The monoisotopic (exact) mass is 366 g/mol. The largest absolute Gasteiger partial charge is 0.329 e. The average molecular weight is 368 g/mol. The molecule has 0 heterocycles. The van der Waals surface area contributed by atoms with Gasteiger partial charge in [-0.05, 0) is 26.0 Å². The first-order chi connectivity index (χ1) is 8.09. The molecule has 1 rings (SSSR count). The third kappa shape index (κ3) is 4.93. The summed E-state index contributed by atoms with van der Waals surface area (Å²) >= 11 is 17.5. The second-order valence-electron chi connectivity index (χ2n) is 4.39. The van der Waals surface area contributed by atoms with Crippen LogP contribution in [0.3, 0.4) is 0 Å². The lowest BCUT2D eigenvalue weighted by Gasteiger charge is -2.24. The molecule has 0 aliphatic rings. The van der Waals surface area contributed by atoms with Gasteiger partial charge in [0.05, 0.1) is 10.0 Å². The van der Waals surface area contributed by atoms with Crippen LogP contribution in [0.15, 0.2) is 17.0 Å². The molecule has 0 atom stereocenters. The molecule has 1 aromatic rings. The number of halogens is 4. The fraction of sp³-hybridized carbons (Fsp3) is 0.400. The van der Waals surface area contributed by atoms with Gasteiger partial charge in [-0.3, -0.25) is 0 Å². The zero-order valence-electron chi connectivity index (χ0n) is 10.2. The number of nitrogens with two attached hydrogens (primary N) is 1. The van der Waals surface area contributed by atoms with Crippen molar-refractivity contribution < 1.29 is 8.42 Å². The number of hydrogen-bond donors (Lipinski definition) is 2. The van der Waals surface area contributed by atoms with Crippen molar-refractivity contribution in [2.45, 2.75) is 24.3 Å². The van der Waals surface area contributed by atoms with E-state index in [2.05, 4.69) is 4.72 Å². The topological polar surface area (TPSA) is 72.2 Å². The van der Waals surface area contributed by atoms with Crippen molar-refractivity contribution in [2.24, 2.45) is 5.73 Å². The zero-order chi connectivity index (χ0) is 14.1. The minimum Gasteiger partial charge on any atom is -0.329 e. The first-order valence-electron chi connectivity index (χ1n) is 4.98. The van der Waals surface area contributed by atoms with Crippen molar-refractivity contribution in [2.75, 3.05) is 6.54 Å². The van der Waals surface area contributed by atoms with Crippen LogP contribution in [0.2, 0.25) is 15.1 Å². The number of hydrogen-bond acceptors (Lipinski definition) is 3. The van der Waals surface area contributed by atoms with E-state index in [9.17, 15) is 8.42 Å². The maximum Gasteiger partial charge on any atom is 0.244 e. The predicted octanol–water partition coefficient (Wildman–Crippen LogP) is 3.08. The van der Waals surface area contributed by atoms with E-state index >= 15 is 0 Å². The molecule has 0 aromatic heterocycles. The Kier molecular flexibility index (Phi) is 6.89. The summed E-state index contributed by atoms with van der Waals surface area (Å²) in [5, 5.41) is 0.197. The van der Waals surface area contributed by atoms with Gasteiger partial charge in [0, 0.05) is 17.1 Å². The van der Waals surface area contributed by atoms with Crippen molar-refractivity contribution in [3.63, 3.8) is 0 Å². The Balaban J connectivity index is 0.00000324. The summed E-state index contributed by atoms with van der Waals surface area (Å²) in [7, 11) is -3.86. The van der Waals surface area contributed by atoms with Crippen LogP contribution in [0.1, 0.15) is 13.8 Å². The lowest BCUT2D eigenvalue weighted by molar-refractivity contribution is 0.462. The lowest BCUT2D eigenvalue weighted by atomic mass is 10.1. The smallest absolute Gasteiger partial charge is 0.244 e. The van der Waals surface area contributed by atoms with Crippen LogP contribution in [-0.2, 0) is 10.0 Å². The fourth-order valence-electron chi connectivity index (χ4n) is 1.24. The standard InChI is InChI=1S/C10H13Cl3N2O2S.ClH/c1-10(2,5-14)15-18(16,17)9-7(12)3-6(11)4-8(9)13;/h3-4,15H,5,14H2,1-2H3;1H. The summed E-state index contributed by atoms with van der Waals surface area (Å²) in [5.74, 6) is 0. The third-order valence-corrected chi connectivity index (χ3v) is 4.99. The molecule has 0 saturated carbocycles. The molecule has 0 amide bonds. The molecule has 0 fully saturated rings. The molecule has 0 unspecified atom stereocenters. The molecule has 0 saturated heterocycles. The zero-order valence-corrected chi connectivity index (χ0v) is 14.1. The summed E-state index contributed by atoms with van der Waals surface area (Å²) in [5.41, 5.74) is 4.68. The Hall–Kier alpha value is 0.250. The van der Waals surface area contributed by atoms with Crippen LogP contribution in [-0.4, -0.2) is 20.5 Å². The van der Waals surface area contributed by atoms with Crippen molar-refractivity contribution in [1.29, 1.82) is 0 Å². The van der Waals surface area contributed by atoms with Crippen LogP contribution in [0, 0.1) is 0 Å². The van der Waals surface area contributed by atoms with Gasteiger partial charge >= 0.3 is 0 Å². The highest BCUT2D eigenvalue weighted by Crippen LogP contribution is 2.33. The van der Waals surface area contributed by atoms with Gasteiger partial charge in [-0.2, -0.15) is 0 Å². The third-order valence-electron chi connectivity index (χ3n) is 2.15. The van der Waals surface area contributed by atoms with Gasteiger partial charge in [-0.15, -0.1) is 12.4 Å². The first-order valence-corrected chi connectivity index (χ1v) is 7.59. The Morgan fingerprint density at radius 1 is 1.21 bits per heavy atom. The first kappa shape index (κ1) is 19.2. The van der Waals surface area contributed by atoms with Gasteiger partial charge in [0.2, 0.25) is 10.0 Å². The Bertz CT molecular complexity index is 538. The van der Waals surface area contributed by atoms with Crippen LogP contribution in [0.25, 0.3) is 0 Å². The second kappa shape index (κ2) is 6.80. The Labute approximate surface area is 134 Å². The van der Waals surface area contributed by atoms with E-state index in [1.807, 2.05) is 0 Å². The van der Waals surface area contributed by atoms with E-state index in [4.69, 9.17) is 40.5 Å². The average Bonchev–Trinajstić information content (AvgIpc) is 2.13. The van der Waals surface area contributed by atoms with Crippen molar-refractivity contribution >= 4 is 57.2 Å².